The molecule has 2 aromatic rings. The van der Waals surface area contributed by atoms with E-state index in [4.69, 9.17) is 4.74 Å². The zero-order chi connectivity index (χ0) is 12.3. The van der Waals surface area contributed by atoms with Gasteiger partial charge in [0, 0.05) is 0 Å². The molecule has 0 spiro atoms. The lowest BCUT2D eigenvalue weighted by Gasteiger charge is -2.01. The molecule has 0 saturated carbocycles. The summed E-state index contributed by atoms with van der Waals surface area (Å²) in [6.07, 6.45) is 0. The first-order valence-corrected chi connectivity index (χ1v) is 6.57. The molecule has 0 saturated heterocycles. The average Bonchev–Trinajstić information content (AvgIpc) is 2.68. The Labute approximate surface area is 103 Å². The molecule has 0 radical (unpaired) electrons. The monoisotopic (exact) mass is 273 g/mol. The molecule has 7 heteroatoms. The van der Waals surface area contributed by atoms with Crippen molar-refractivity contribution >= 4 is 27.2 Å². The maximum atomic E-state index is 12.6. The van der Waals surface area contributed by atoms with Gasteiger partial charge in [-0.15, -0.1) is 0 Å². The number of ether oxygens (including phenoxy) is 1. The molecule has 0 amide bonds. The van der Waals surface area contributed by atoms with Gasteiger partial charge in [0.15, 0.2) is 5.06 Å². The predicted molar refractivity (Wildman–Crippen MR) is 64.7 cm³/mol. The molecule has 1 heterocycles. The van der Waals surface area contributed by atoms with Gasteiger partial charge in [-0.1, -0.05) is 11.3 Å². The summed E-state index contributed by atoms with van der Waals surface area (Å²) >= 11 is 1.15. The zero-order valence-electron chi connectivity index (χ0n) is 8.42. The van der Waals surface area contributed by atoms with Crippen LogP contribution in [0.5, 0.6) is 10.8 Å². The molecule has 0 unspecified atom stereocenters. The van der Waals surface area contributed by atoms with Gasteiger partial charge in [0.1, 0.15) is 16.6 Å². The summed E-state index contributed by atoms with van der Waals surface area (Å²) in [5.74, 6) is 0.153. The van der Waals surface area contributed by atoms with Crippen molar-refractivity contribution in [1.82, 2.24) is 0 Å². The van der Waals surface area contributed by atoms with Crippen LogP contribution in [0.3, 0.4) is 0 Å². The summed E-state index contributed by atoms with van der Waals surface area (Å²) in [4.78, 5) is 0. The molecule has 1 aromatic carbocycles. The molecule has 2 rings (SSSR count). The van der Waals surface area contributed by atoms with E-state index in [-0.39, 0.29) is 5.82 Å². The van der Waals surface area contributed by atoms with Crippen LogP contribution < -0.4 is 9.46 Å². The molecule has 1 aromatic heterocycles. The first kappa shape index (κ1) is 11.9. The predicted octanol–water partition coefficient (Wildman–Crippen LogP) is 2.62. The summed E-state index contributed by atoms with van der Waals surface area (Å²) in [5, 5.41) is 0.995. The number of rotatable bonds is 4. The molecule has 0 aliphatic rings. The van der Waals surface area contributed by atoms with Crippen LogP contribution in [0.2, 0.25) is 0 Å². The highest BCUT2D eigenvalue weighted by Crippen LogP contribution is 2.32. The average molecular weight is 273 g/mol. The second-order valence-corrected chi connectivity index (χ2v) is 4.83. The van der Waals surface area contributed by atoms with Crippen LogP contribution in [0.15, 0.2) is 36.4 Å². The van der Waals surface area contributed by atoms with E-state index >= 15 is 0 Å². The quantitative estimate of drug-likeness (QED) is 0.842. The summed E-state index contributed by atoms with van der Waals surface area (Å²) in [5.41, 5.74) is 0. The first-order chi connectivity index (χ1) is 8.13. The van der Waals surface area contributed by atoms with Gasteiger partial charge in [-0.2, -0.15) is 0 Å². The Morgan fingerprint density at radius 3 is 2.47 bits per heavy atom. The maximum Gasteiger partial charge on any atom is 0.223 e. The van der Waals surface area contributed by atoms with Crippen molar-refractivity contribution in [2.24, 2.45) is 0 Å². The van der Waals surface area contributed by atoms with Gasteiger partial charge in [0.25, 0.3) is 0 Å². The number of thiophene rings is 1. The minimum absolute atomic E-state index is 0.339. The number of hydrogen-bond donors (Lipinski definition) is 2. The van der Waals surface area contributed by atoms with Gasteiger partial charge < -0.3 is 4.74 Å². The molecule has 17 heavy (non-hydrogen) atoms. The Morgan fingerprint density at radius 2 is 1.82 bits per heavy atom. The molecule has 90 valence electrons. The lowest BCUT2D eigenvalue weighted by Crippen LogP contribution is -1.90. The molecular formula is C10H8FNO3S2. The highest BCUT2D eigenvalue weighted by Gasteiger charge is 2.02. The van der Waals surface area contributed by atoms with E-state index < -0.39 is 10.9 Å². The summed E-state index contributed by atoms with van der Waals surface area (Å²) in [7, 11) is -2.67. The lowest BCUT2D eigenvalue weighted by atomic mass is 10.3. The van der Waals surface area contributed by atoms with Crippen LogP contribution in [-0.4, -0.2) is 8.42 Å². The van der Waals surface area contributed by atoms with E-state index in [0.29, 0.717) is 15.8 Å². The van der Waals surface area contributed by atoms with Crippen LogP contribution in [0.1, 0.15) is 0 Å². The van der Waals surface area contributed by atoms with Gasteiger partial charge in [0.2, 0.25) is 10.9 Å². The second-order valence-electron chi connectivity index (χ2n) is 3.04. The normalized spacial score (nSPS) is 10.5. The van der Waals surface area contributed by atoms with Crippen molar-refractivity contribution in [3.8, 4) is 10.8 Å². The molecule has 4 nitrogen and oxygen atoms in total. The summed E-state index contributed by atoms with van der Waals surface area (Å²) in [6.45, 7) is 0. The highest BCUT2D eigenvalue weighted by molar-refractivity contribution is 7.74. The minimum atomic E-state index is -2.67. The van der Waals surface area contributed by atoms with Crippen molar-refractivity contribution in [3.63, 3.8) is 0 Å². The molecule has 1 N–H and O–H groups in total. The van der Waals surface area contributed by atoms with E-state index in [1.165, 1.54) is 24.3 Å². The van der Waals surface area contributed by atoms with Crippen molar-refractivity contribution < 1.29 is 17.5 Å². The first-order valence-electron chi connectivity index (χ1n) is 4.58. The summed E-state index contributed by atoms with van der Waals surface area (Å²) < 4.78 is 41.2. The van der Waals surface area contributed by atoms with Crippen LogP contribution in [0.4, 0.5) is 9.39 Å². The second kappa shape index (κ2) is 5.15. The van der Waals surface area contributed by atoms with Crippen LogP contribution >= 0.6 is 11.3 Å². The van der Waals surface area contributed by atoms with Crippen molar-refractivity contribution in [3.05, 3.63) is 42.2 Å². The smallest absolute Gasteiger partial charge is 0.223 e. The largest absolute Gasteiger partial charge is 0.447 e. The zero-order valence-corrected chi connectivity index (χ0v) is 10.1. The van der Waals surface area contributed by atoms with Gasteiger partial charge in [-0.25, -0.2) is 12.8 Å². The van der Waals surface area contributed by atoms with Crippen molar-refractivity contribution in [2.75, 3.05) is 4.72 Å². The number of halogens is 1. The topological polar surface area (TPSA) is 55.4 Å². The van der Waals surface area contributed by atoms with Crippen molar-refractivity contribution in [1.29, 1.82) is 0 Å². The standard InChI is InChI=1S/C10H8FNO3S2/c11-7-1-3-8(4-2-7)15-10-6-5-9(16-10)12-17(13)14/h1-6,17H,(H,12,13,14). The Morgan fingerprint density at radius 1 is 1.12 bits per heavy atom. The van der Waals surface area contributed by atoms with Crippen LogP contribution in [-0.2, 0) is 10.9 Å². The van der Waals surface area contributed by atoms with E-state index in [1.807, 2.05) is 0 Å². The van der Waals surface area contributed by atoms with E-state index in [1.54, 1.807) is 12.1 Å². The number of anilines is 1. The number of hydrogen-bond acceptors (Lipinski definition) is 4. The van der Waals surface area contributed by atoms with E-state index in [2.05, 4.69) is 4.72 Å². The number of thiol groups is 1. The maximum absolute atomic E-state index is 12.6. The van der Waals surface area contributed by atoms with Gasteiger partial charge in [0.05, 0.1) is 0 Å². The third-order valence-corrected chi connectivity index (χ3v) is 3.27. The van der Waals surface area contributed by atoms with Gasteiger partial charge in [-0.3, -0.25) is 4.72 Å². The van der Waals surface area contributed by atoms with E-state index in [9.17, 15) is 12.8 Å². The Bertz CT molecular complexity index is 569. The number of benzene rings is 1. The Balaban J connectivity index is 2.08. The molecule has 0 aliphatic heterocycles. The number of nitrogens with one attached hydrogen (secondary N) is 1. The van der Waals surface area contributed by atoms with E-state index in [0.717, 1.165) is 11.3 Å². The van der Waals surface area contributed by atoms with Crippen LogP contribution in [0.25, 0.3) is 0 Å². The Hall–Kier alpha value is -1.60. The SMILES string of the molecule is O=[SH](=O)Nc1ccc(Oc2ccc(F)cc2)s1. The molecule has 0 fully saturated rings. The van der Waals surface area contributed by atoms with Crippen LogP contribution in [0, 0.1) is 5.82 Å². The van der Waals surface area contributed by atoms with Gasteiger partial charge >= 0.3 is 0 Å². The minimum Gasteiger partial charge on any atom is -0.447 e. The fourth-order valence-electron chi connectivity index (χ4n) is 1.14. The molecule has 0 aliphatic carbocycles. The molecular weight excluding hydrogens is 265 g/mol. The fraction of sp³-hybridized carbons (Fsp3) is 0. The Kier molecular flexibility index (Phi) is 3.60. The van der Waals surface area contributed by atoms with Crippen molar-refractivity contribution in [2.45, 2.75) is 0 Å². The highest BCUT2D eigenvalue weighted by atomic mass is 32.2. The summed E-state index contributed by atoms with van der Waals surface area (Å²) in [6, 6.07) is 8.80. The molecule has 0 atom stereocenters. The molecule has 0 bridgehead atoms. The fourth-order valence-corrected chi connectivity index (χ4v) is 2.43. The lowest BCUT2D eigenvalue weighted by molar-refractivity contribution is 0.494. The third kappa shape index (κ3) is 3.43. The third-order valence-electron chi connectivity index (χ3n) is 1.81. The van der Waals surface area contributed by atoms with Gasteiger partial charge in [-0.05, 0) is 36.4 Å².